The van der Waals surface area contributed by atoms with Gasteiger partial charge >= 0.3 is 0 Å². The number of hydrogen-bond acceptors (Lipinski definition) is 3. The molecule has 0 bridgehead atoms. The van der Waals surface area contributed by atoms with E-state index in [4.69, 9.17) is 5.73 Å². The van der Waals surface area contributed by atoms with E-state index in [0.29, 0.717) is 10.0 Å². The molecule has 1 heterocycles. The van der Waals surface area contributed by atoms with Gasteiger partial charge in [-0.3, -0.25) is 0 Å². The Morgan fingerprint density at radius 3 is 2.19 bits per heavy atom. The van der Waals surface area contributed by atoms with Gasteiger partial charge in [-0.25, -0.2) is 18.2 Å². The Hall–Kier alpha value is -1.56. The van der Waals surface area contributed by atoms with E-state index in [1.165, 1.54) is 11.3 Å². The van der Waals surface area contributed by atoms with Crippen molar-refractivity contribution in [2.24, 2.45) is 0 Å². The first-order valence-corrected chi connectivity index (χ1v) is 5.18. The van der Waals surface area contributed by atoms with Crippen LogP contribution in [0.1, 0.15) is 5.01 Å². The molecule has 0 unspecified atom stereocenters. The van der Waals surface area contributed by atoms with Gasteiger partial charge in [-0.05, 0) is 19.1 Å². The van der Waals surface area contributed by atoms with Gasteiger partial charge in [-0.1, -0.05) is 0 Å². The quantitative estimate of drug-likeness (QED) is 0.783. The zero-order valence-corrected chi connectivity index (χ0v) is 9.04. The van der Waals surface area contributed by atoms with Crippen LogP contribution in [0.2, 0.25) is 0 Å². The summed E-state index contributed by atoms with van der Waals surface area (Å²) in [7, 11) is 0. The number of nitrogens with two attached hydrogens (primary N) is 1. The molecule has 0 amide bonds. The average Bonchev–Trinajstić information content (AvgIpc) is 2.53. The van der Waals surface area contributed by atoms with Crippen LogP contribution in [0.25, 0.3) is 11.3 Å². The monoisotopic (exact) mass is 244 g/mol. The van der Waals surface area contributed by atoms with Gasteiger partial charge in [0.05, 0.1) is 5.01 Å². The van der Waals surface area contributed by atoms with Crippen LogP contribution in [-0.4, -0.2) is 4.98 Å². The van der Waals surface area contributed by atoms with Crippen LogP contribution in [0.5, 0.6) is 0 Å². The standard InChI is InChI=1S/C10H7F3N2S/c1-4-15-9(10(14)16-4)5-2-6(11)8(13)7(12)3-5/h2-3H,14H2,1H3. The third kappa shape index (κ3) is 1.76. The lowest BCUT2D eigenvalue weighted by atomic mass is 10.1. The fourth-order valence-corrected chi connectivity index (χ4v) is 2.06. The van der Waals surface area contributed by atoms with E-state index in [0.717, 1.165) is 12.1 Å². The normalized spacial score (nSPS) is 10.8. The maximum atomic E-state index is 13.0. The van der Waals surface area contributed by atoms with Crippen molar-refractivity contribution in [2.45, 2.75) is 6.92 Å². The van der Waals surface area contributed by atoms with Gasteiger partial charge in [0.2, 0.25) is 0 Å². The van der Waals surface area contributed by atoms with Gasteiger partial charge in [-0.2, -0.15) is 0 Å². The topological polar surface area (TPSA) is 38.9 Å². The molecule has 0 aliphatic rings. The molecule has 0 fully saturated rings. The minimum atomic E-state index is -1.49. The zero-order chi connectivity index (χ0) is 11.9. The van der Waals surface area contributed by atoms with Crippen LogP contribution in [0.15, 0.2) is 12.1 Å². The van der Waals surface area contributed by atoms with E-state index in [2.05, 4.69) is 4.98 Å². The third-order valence-corrected chi connectivity index (χ3v) is 2.82. The van der Waals surface area contributed by atoms with Crippen molar-refractivity contribution in [3.05, 3.63) is 34.6 Å². The summed E-state index contributed by atoms with van der Waals surface area (Å²) in [6.45, 7) is 1.72. The molecule has 0 aliphatic carbocycles. The van der Waals surface area contributed by atoms with Gasteiger partial charge in [-0.15, -0.1) is 11.3 Å². The van der Waals surface area contributed by atoms with Crippen LogP contribution in [0.3, 0.4) is 0 Å². The molecule has 1 aromatic carbocycles. The summed E-state index contributed by atoms with van der Waals surface area (Å²) >= 11 is 1.21. The molecule has 2 rings (SSSR count). The highest BCUT2D eigenvalue weighted by Crippen LogP contribution is 2.31. The smallest absolute Gasteiger partial charge is 0.194 e. The second kappa shape index (κ2) is 3.79. The highest BCUT2D eigenvalue weighted by atomic mass is 32.1. The fraction of sp³-hybridized carbons (Fsp3) is 0.100. The molecule has 0 saturated carbocycles. The summed E-state index contributed by atoms with van der Waals surface area (Å²) in [5.74, 6) is -3.99. The predicted octanol–water partition coefficient (Wildman–Crippen LogP) is 3.12. The Morgan fingerprint density at radius 2 is 1.75 bits per heavy atom. The van der Waals surface area contributed by atoms with Crippen molar-refractivity contribution >= 4 is 16.3 Å². The van der Waals surface area contributed by atoms with Crippen LogP contribution in [0.4, 0.5) is 18.2 Å². The van der Waals surface area contributed by atoms with E-state index in [9.17, 15) is 13.2 Å². The van der Waals surface area contributed by atoms with Crippen LogP contribution in [-0.2, 0) is 0 Å². The zero-order valence-electron chi connectivity index (χ0n) is 8.22. The fourth-order valence-electron chi connectivity index (χ4n) is 1.34. The number of aryl methyl sites for hydroxylation is 1. The van der Waals surface area contributed by atoms with Gasteiger partial charge in [0.25, 0.3) is 0 Å². The van der Waals surface area contributed by atoms with E-state index in [1.807, 2.05) is 0 Å². The number of thiazole rings is 1. The van der Waals surface area contributed by atoms with Crippen molar-refractivity contribution in [2.75, 3.05) is 5.73 Å². The molecule has 0 atom stereocenters. The summed E-state index contributed by atoms with van der Waals surface area (Å²) in [6, 6.07) is 1.76. The molecule has 1 aromatic heterocycles. The highest BCUT2D eigenvalue weighted by molar-refractivity contribution is 7.16. The lowest BCUT2D eigenvalue weighted by Gasteiger charge is -2.01. The molecule has 0 spiro atoms. The first kappa shape index (κ1) is 10.9. The van der Waals surface area contributed by atoms with E-state index in [1.54, 1.807) is 6.92 Å². The Kier molecular flexibility index (Phi) is 2.59. The molecule has 6 heteroatoms. The SMILES string of the molecule is Cc1nc(-c2cc(F)c(F)c(F)c2)c(N)s1. The number of rotatable bonds is 1. The summed E-state index contributed by atoms with van der Waals surface area (Å²) in [5, 5.41) is 1.03. The predicted molar refractivity (Wildman–Crippen MR) is 56.6 cm³/mol. The van der Waals surface area contributed by atoms with E-state index >= 15 is 0 Å². The number of hydrogen-bond donors (Lipinski definition) is 1. The lowest BCUT2D eigenvalue weighted by Crippen LogP contribution is -1.93. The average molecular weight is 244 g/mol. The number of benzene rings is 1. The number of nitrogens with zero attached hydrogens (tertiary/aromatic N) is 1. The Labute approximate surface area is 93.5 Å². The minimum Gasteiger partial charge on any atom is -0.389 e. The number of nitrogen functional groups attached to an aromatic ring is 1. The molecule has 0 radical (unpaired) electrons. The minimum absolute atomic E-state index is 0.137. The molecular weight excluding hydrogens is 237 g/mol. The van der Waals surface area contributed by atoms with Gasteiger partial charge in [0, 0.05) is 5.56 Å². The van der Waals surface area contributed by atoms with Crippen molar-refractivity contribution in [1.29, 1.82) is 0 Å². The Morgan fingerprint density at radius 1 is 1.19 bits per heavy atom. The summed E-state index contributed by atoms with van der Waals surface area (Å²) < 4.78 is 38.7. The molecule has 0 aliphatic heterocycles. The second-order valence-electron chi connectivity index (χ2n) is 3.20. The molecule has 2 aromatic rings. The summed E-state index contributed by atoms with van der Waals surface area (Å²) in [4.78, 5) is 4.03. The summed E-state index contributed by atoms with van der Waals surface area (Å²) in [5.41, 5.74) is 6.04. The maximum absolute atomic E-state index is 13.0. The largest absolute Gasteiger partial charge is 0.389 e. The lowest BCUT2D eigenvalue weighted by molar-refractivity contribution is 0.447. The molecule has 16 heavy (non-hydrogen) atoms. The first-order chi connectivity index (χ1) is 7.49. The molecule has 2 nitrogen and oxygen atoms in total. The van der Waals surface area contributed by atoms with Crippen molar-refractivity contribution in [3.8, 4) is 11.3 Å². The number of halogens is 3. The number of aromatic nitrogens is 1. The van der Waals surface area contributed by atoms with E-state index in [-0.39, 0.29) is 11.3 Å². The maximum Gasteiger partial charge on any atom is 0.194 e. The van der Waals surface area contributed by atoms with Crippen molar-refractivity contribution in [1.82, 2.24) is 4.98 Å². The Balaban J connectivity index is 2.61. The van der Waals surface area contributed by atoms with Crippen LogP contribution < -0.4 is 5.73 Å². The van der Waals surface area contributed by atoms with Gasteiger partial charge < -0.3 is 5.73 Å². The van der Waals surface area contributed by atoms with Gasteiger partial charge in [0.15, 0.2) is 17.5 Å². The second-order valence-corrected chi connectivity index (χ2v) is 4.43. The molecule has 2 N–H and O–H groups in total. The highest BCUT2D eigenvalue weighted by Gasteiger charge is 2.15. The summed E-state index contributed by atoms with van der Waals surface area (Å²) in [6.07, 6.45) is 0. The van der Waals surface area contributed by atoms with E-state index < -0.39 is 17.5 Å². The molecule has 0 saturated heterocycles. The third-order valence-electron chi connectivity index (χ3n) is 2.02. The van der Waals surface area contributed by atoms with Crippen LogP contribution >= 0.6 is 11.3 Å². The van der Waals surface area contributed by atoms with Gasteiger partial charge in [0.1, 0.15) is 10.7 Å². The molecular formula is C10H7F3N2S. The van der Waals surface area contributed by atoms with Crippen LogP contribution in [0, 0.1) is 24.4 Å². The number of anilines is 1. The van der Waals surface area contributed by atoms with Crippen molar-refractivity contribution < 1.29 is 13.2 Å². The Bertz CT molecular complexity index is 528. The first-order valence-electron chi connectivity index (χ1n) is 4.37. The van der Waals surface area contributed by atoms with Crippen molar-refractivity contribution in [3.63, 3.8) is 0 Å². The molecule has 84 valence electrons.